The second kappa shape index (κ2) is 6.10. The lowest BCUT2D eigenvalue weighted by Crippen LogP contribution is -2.26. The second-order valence-corrected chi connectivity index (χ2v) is 4.82. The van der Waals surface area contributed by atoms with Crippen LogP contribution in [-0.2, 0) is 0 Å². The summed E-state index contributed by atoms with van der Waals surface area (Å²) in [6.07, 6.45) is 1.16. The van der Waals surface area contributed by atoms with Crippen molar-refractivity contribution in [2.45, 2.75) is 33.2 Å². The van der Waals surface area contributed by atoms with Crippen LogP contribution in [0.25, 0.3) is 0 Å². The number of rotatable bonds is 5. The number of hydrogen-bond acceptors (Lipinski definition) is 3. The lowest BCUT2D eigenvalue weighted by Gasteiger charge is -2.26. The first-order chi connectivity index (χ1) is 8.76. The molecule has 0 saturated carbocycles. The van der Waals surface area contributed by atoms with Crippen LogP contribution in [0.15, 0.2) is 18.2 Å². The van der Waals surface area contributed by atoms with Gasteiger partial charge in [-0.25, -0.2) is 0 Å². The minimum atomic E-state index is 0.385. The Morgan fingerprint density at radius 1 is 1.17 bits per heavy atom. The van der Waals surface area contributed by atoms with Gasteiger partial charge in [-0.05, 0) is 30.2 Å². The van der Waals surface area contributed by atoms with E-state index in [2.05, 4.69) is 38.2 Å². The van der Waals surface area contributed by atoms with E-state index in [1.807, 2.05) is 6.07 Å². The molecule has 1 aliphatic rings. The standard InChI is InChI=1S/C15H23NO2/c1-4-11(3)15(16-5-2)12-6-7-13-14(10-12)18-9-8-17-13/h6-7,10-11,15-16H,4-5,8-9H2,1-3H3. The molecule has 18 heavy (non-hydrogen) atoms. The summed E-state index contributed by atoms with van der Waals surface area (Å²) < 4.78 is 11.2. The predicted molar refractivity (Wildman–Crippen MR) is 73.3 cm³/mol. The fraction of sp³-hybridized carbons (Fsp3) is 0.600. The molecule has 2 rings (SSSR count). The molecule has 1 aromatic rings. The summed E-state index contributed by atoms with van der Waals surface area (Å²) in [7, 11) is 0. The molecule has 0 fully saturated rings. The Labute approximate surface area is 109 Å². The summed E-state index contributed by atoms with van der Waals surface area (Å²) in [5, 5.41) is 3.56. The van der Waals surface area contributed by atoms with E-state index in [-0.39, 0.29) is 0 Å². The van der Waals surface area contributed by atoms with Crippen molar-refractivity contribution in [3.8, 4) is 11.5 Å². The molecule has 3 nitrogen and oxygen atoms in total. The van der Waals surface area contributed by atoms with E-state index in [9.17, 15) is 0 Å². The molecule has 2 atom stereocenters. The molecule has 0 spiro atoms. The third-order valence-corrected chi connectivity index (χ3v) is 3.56. The van der Waals surface area contributed by atoms with Crippen LogP contribution in [0.2, 0.25) is 0 Å². The van der Waals surface area contributed by atoms with Gasteiger partial charge in [0.1, 0.15) is 13.2 Å². The third-order valence-electron chi connectivity index (χ3n) is 3.56. The van der Waals surface area contributed by atoms with Gasteiger partial charge in [-0.2, -0.15) is 0 Å². The topological polar surface area (TPSA) is 30.5 Å². The fourth-order valence-electron chi connectivity index (χ4n) is 2.36. The Morgan fingerprint density at radius 2 is 1.89 bits per heavy atom. The van der Waals surface area contributed by atoms with Crippen molar-refractivity contribution in [2.75, 3.05) is 19.8 Å². The molecule has 1 N–H and O–H groups in total. The number of ether oxygens (including phenoxy) is 2. The SMILES string of the molecule is CCNC(c1ccc2c(c1)OCCO2)C(C)CC. The van der Waals surface area contributed by atoms with Crippen LogP contribution in [0.5, 0.6) is 11.5 Å². The van der Waals surface area contributed by atoms with Gasteiger partial charge in [0.25, 0.3) is 0 Å². The largest absolute Gasteiger partial charge is 0.486 e. The van der Waals surface area contributed by atoms with Crippen LogP contribution in [0.3, 0.4) is 0 Å². The second-order valence-electron chi connectivity index (χ2n) is 4.82. The monoisotopic (exact) mass is 249 g/mol. The fourth-order valence-corrected chi connectivity index (χ4v) is 2.36. The molecule has 1 heterocycles. The van der Waals surface area contributed by atoms with Crippen LogP contribution in [-0.4, -0.2) is 19.8 Å². The van der Waals surface area contributed by atoms with Gasteiger partial charge in [0, 0.05) is 6.04 Å². The van der Waals surface area contributed by atoms with Crippen molar-refractivity contribution in [1.82, 2.24) is 5.32 Å². The molecule has 0 aromatic heterocycles. The summed E-state index contributed by atoms with van der Waals surface area (Å²) in [6.45, 7) is 8.92. The van der Waals surface area contributed by atoms with Crippen molar-refractivity contribution in [3.05, 3.63) is 23.8 Å². The first-order valence-electron chi connectivity index (χ1n) is 6.89. The zero-order valence-corrected chi connectivity index (χ0v) is 11.5. The van der Waals surface area contributed by atoms with Gasteiger partial charge in [-0.1, -0.05) is 33.3 Å². The van der Waals surface area contributed by atoms with Crippen LogP contribution in [0.1, 0.15) is 38.8 Å². The summed E-state index contributed by atoms with van der Waals surface area (Å²) >= 11 is 0. The van der Waals surface area contributed by atoms with E-state index in [1.165, 1.54) is 5.56 Å². The number of nitrogens with one attached hydrogen (secondary N) is 1. The van der Waals surface area contributed by atoms with E-state index in [0.29, 0.717) is 25.2 Å². The van der Waals surface area contributed by atoms with Crippen LogP contribution < -0.4 is 14.8 Å². The molecular weight excluding hydrogens is 226 g/mol. The number of benzene rings is 1. The van der Waals surface area contributed by atoms with Gasteiger partial charge in [0.15, 0.2) is 11.5 Å². The Bertz CT molecular complexity index is 392. The van der Waals surface area contributed by atoms with Gasteiger partial charge in [0.05, 0.1) is 0 Å². The van der Waals surface area contributed by atoms with Crippen molar-refractivity contribution in [2.24, 2.45) is 5.92 Å². The van der Waals surface area contributed by atoms with Gasteiger partial charge in [0.2, 0.25) is 0 Å². The summed E-state index contributed by atoms with van der Waals surface area (Å²) in [4.78, 5) is 0. The molecule has 0 radical (unpaired) electrons. The zero-order chi connectivity index (χ0) is 13.0. The lowest BCUT2D eigenvalue weighted by molar-refractivity contribution is 0.171. The lowest BCUT2D eigenvalue weighted by atomic mass is 9.92. The normalized spacial score (nSPS) is 17.3. The molecule has 0 aliphatic carbocycles. The Hall–Kier alpha value is -1.22. The van der Waals surface area contributed by atoms with E-state index >= 15 is 0 Å². The molecule has 0 bridgehead atoms. The zero-order valence-electron chi connectivity index (χ0n) is 11.5. The number of fused-ring (bicyclic) bond motifs is 1. The third kappa shape index (κ3) is 2.78. The molecule has 1 aliphatic heterocycles. The van der Waals surface area contributed by atoms with Crippen molar-refractivity contribution < 1.29 is 9.47 Å². The Kier molecular flexibility index (Phi) is 4.48. The van der Waals surface area contributed by atoms with E-state index < -0.39 is 0 Å². The van der Waals surface area contributed by atoms with Crippen LogP contribution >= 0.6 is 0 Å². The van der Waals surface area contributed by atoms with Gasteiger partial charge < -0.3 is 14.8 Å². The highest BCUT2D eigenvalue weighted by atomic mass is 16.6. The quantitative estimate of drug-likeness (QED) is 0.869. The number of hydrogen-bond donors (Lipinski definition) is 1. The smallest absolute Gasteiger partial charge is 0.161 e. The highest BCUT2D eigenvalue weighted by molar-refractivity contribution is 5.44. The first-order valence-corrected chi connectivity index (χ1v) is 6.89. The minimum Gasteiger partial charge on any atom is -0.486 e. The Balaban J connectivity index is 2.24. The molecule has 0 saturated heterocycles. The predicted octanol–water partition coefficient (Wildman–Crippen LogP) is 3.15. The maximum absolute atomic E-state index is 5.65. The van der Waals surface area contributed by atoms with Gasteiger partial charge in [-0.15, -0.1) is 0 Å². The molecule has 3 heteroatoms. The van der Waals surface area contributed by atoms with Crippen molar-refractivity contribution in [1.29, 1.82) is 0 Å². The van der Waals surface area contributed by atoms with Crippen LogP contribution in [0, 0.1) is 5.92 Å². The average molecular weight is 249 g/mol. The van der Waals surface area contributed by atoms with E-state index in [0.717, 1.165) is 24.5 Å². The highest BCUT2D eigenvalue weighted by Gasteiger charge is 2.20. The van der Waals surface area contributed by atoms with Gasteiger partial charge in [-0.3, -0.25) is 0 Å². The minimum absolute atomic E-state index is 0.385. The van der Waals surface area contributed by atoms with Crippen molar-refractivity contribution in [3.63, 3.8) is 0 Å². The molecular formula is C15H23NO2. The molecule has 1 aromatic carbocycles. The molecule has 2 unspecified atom stereocenters. The molecule has 0 amide bonds. The summed E-state index contributed by atoms with van der Waals surface area (Å²) in [5.74, 6) is 2.35. The maximum atomic E-state index is 5.65. The maximum Gasteiger partial charge on any atom is 0.161 e. The van der Waals surface area contributed by atoms with E-state index in [1.54, 1.807) is 0 Å². The molecule has 100 valence electrons. The first kappa shape index (κ1) is 13.2. The van der Waals surface area contributed by atoms with E-state index in [4.69, 9.17) is 9.47 Å². The highest BCUT2D eigenvalue weighted by Crippen LogP contribution is 2.34. The van der Waals surface area contributed by atoms with Crippen molar-refractivity contribution >= 4 is 0 Å². The summed E-state index contributed by atoms with van der Waals surface area (Å²) in [5.41, 5.74) is 1.29. The Morgan fingerprint density at radius 3 is 2.56 bits per heavy atom. The average Bonchev–Trinajstić information content (AvgIpc) is 2.43. The summed E-state index contributed by atoms with van der Waals surface area (Å²) in [6, 6.07) is 6.67. The van der Waals surface area contributed by atoms with Gasteiger partial charge >= 0.3 is 0 Å². The van der Waals surface area contributed by atoms with Crippen LogP contribution in [0.4, 0.5) is 0 Å².